The van der Waals surface area contributed by atoms with Crippen LogP contribution in [0.4, 0.5) is 5.00 Å². The van der Waals surface area contributed by atoms with Gasteiger partial charge in [-0.1, -0.05) is 6.07 Å². The van der Waals surface area contributed by atoms with Crippen molar-refractivity contribution in [3.8, 4) is 22.6 Å². The third-order valence-electron chi connectivity index (χ3n) is 3.24. The quantitative estimate of drug-likeness (QED) is 0.914. The molecule has 6 heteroatoms. The molecule has 3 rings (SSSR count). The molecule has 0 saturated carbocycles. The zero-order valence-corrected chi connectivity index (χ0v) is 12.5. The molecule has 2 heterocycles. The monoisotopic (exact) mass is 304 g/mol. The number of rotatable bonds is 3. The van der Waals surface area contributed by atoms with E-state index >= 15 is 0 Å². The highest BCUT2D eigenvalue weighted by Gasteiger charge is 2.20. The average molecular weight is 304 g/mol. The molecular formula is C15H16N2O3S. The van der Waals surface area contributed by atoms with Crippen molar-refractivity contribution in [3.05, 3.63) is 29.1 Å². The lowest BCUT2D eigenvalue weighted by Crippen LogP contribution is -2.23. The van der Waals surface area contributed by atoms with E-state index in [0.717, 1.165) is 16.9 Å². The summed E-state index contributed by atoms with van der Waals surface area (Å²) in [6, 6.07) is 5.66. The molecule has 110 valence electrons. The van der Waals surface area contributed by atoms with Crippen LogP contribution in [0.5, 0.6) is 11.5 Å². The van der Waals surface area contributed by atoms with Crippen molar-refractivity contribution in [1.29, 1.82) is 0 Å². The number of carbonyl (C=O) groups is 1. The van der Waals surface area contributed by atoms with Crippen LogP contribution in [0.15, 0.2) is 23.6 Å². The van der Waals surface area contributed by atoms with Crippen LogP contribution < -0.4 is 20.5 Å². The first-order chi connectivity index (χ1) is 10.2. The molecule has 1 amide bonds. The van der Waals surface area contributed by atoms with E-state index < -0.39 is 0 Å². The Labute approximate surface area is 126 Å². The predicted molar refractivity (Wildman–Crippen MR) is 83.2 cm³/mol. The fraction of sp³-hybridized carbons (Fsp3) is 0.267. The number of fused-ring (bicyclic) bond motifs is 1. The van der Waals surface area contributed by atoms with Gasteiger partial charge >= 0.3 is 0 Å². The third kappa shape index (κ3) is 2.54. The van der Waals surface area contributed by atoms with Crippen molar-refractivity contribution in [2.75, 3.05) is 25.5 Å². The van der Waals surface area contributed by atoms with Gasteiger partial charge in [-0.15, -0.1) is 11.3 Å². The molecule has 21 heavy (non-hydrogen) atoms. The molecule has 1 aliphatic heterocycles. The lowest BCUT2D eigenvalue weighted by Gasteiger charge is -2.19. The SMILES string of the molecule is CCNC(=O)c1c(-c2ccc3c(c2)OCCO3)csc1N. The van der Waals surface area contributed by atoms with E-state index in [4.69, 9.17) is 15.2 Å². The second-order valence-electron chi connectivity index (χ2n) is 4.61. The van der Waals surface area contributed by atoms with Gasteiger partial charge < -0.3 is 20.5 Å². The van der Waals surface area contributed by atoms with Gasteiger partial charge in [0, 0.05) is 17.5 Å². The van der Waals surface area contributed by atoms with E-state index in [1.54, 1.807) is 0 Å². The molecule has 0 atom stereocenters. The van der Waals surface area contributed by atoms with Gasteiger partial charge in [-0.05, 0) is 24.6 Å². The maximum absolute atomic E-state index is 12.2. The number of ether oxygens (including phenoxy) is 2. The molecular weight excluding hydrogens is 288 g/mol. The number of nitrogens with one attached hydrogen (secondary N) is 1. The van der Waals surface area contributed by atoms with Crippen LogP contribution in [0.25, 0.3) is 11.1 Å². The summed E-state index contributed by atoms with van der Waals surface area (Å²) in [6.45, 7) is 3.53. The molecule has 1 aromatic heterocycles. The molecule has 0 spiro atoms. The summed E-state index contributed by atoms with van der Waals surface area (Å²) in [5.74, 6) is 1.28. The maximum atomic E-state index is 12.2. The van der Waals surface area contributed by atoms with E-state index in [2.05, 4.69) is 5.32 Å². The van der Waals surface area contributed by atoms with Crippen molar-refractivity contribution >= 4 is 22.2 Å². The highest BCUT2D eigenvalue weighted by Crippen LogP contribution is 2.38. The number of hydrogen-bond acceptors (Lipinski definition) is 5. The van der Waals surface area contributed by atoms with E-state index in [0.29, 0.717) is 36.1 Å². The third-order valence-corrected chi connectivity index (χ3v) is 4.05. The summed E-state index contributed by atoms with van der Waals surface area (Å²) in [4.78, 5) is 12.2. The van der Waals surface area contributed by atoms with Crippen LogP contribution in [-0.4, -0.2) is 25.7 Å². The van der Waals surface area contributed by atoms with Crippen molar-refractivity contribution < 1.29 is 14.3 Å². The summed E-state index contributed by atoms with van der Waals surface area (Å²) in [5.41, 5.74) is 8.19. The number of hydrogen-bond donors (Lipinski definition) is 2. The number of anilines is 1. The fourth-order valence-electron chi connectivity index (χ4n) is 2.28. The average Bonchev–Trinajstić information content (AvgIpc) is 2.89. The molecule has 0 bridgehead atoms. The van der Waals surface area contributed by atoms with Gasteiger partial charge in [0.25, 0.3) is 5.91 Å². The summed E-state index contributed by atoms with van der Waals surface area (Å²) in [6.07, 6.45) is 0. The number of nitrogens with two attached hydrogens (primary N) is 1. The zero-order valence-electron chi connectivity index (χ0n) is 11.6. The molecule has 1 aromatic carbocycles. The standard InChI is InChI=1S/C15H16N2O3S/c1-2-17-15(18)13-10(8-21-14(13)16)9-3-4-11-12(7-9)20-6-5-19-11/h3-4,7-8H,2,5-6,16H2,1H3,(H,17,18). The number of benzene rings is 1. The summed E-state index contributed by atoms with van der Waals surface area (Å²) in [5, 5.41) is 5.21. The Kier molecular flexibility index (Phi) is 3.70. The minimum atomic E-state index is -0.152. The van der Waals surface area contributed by atoms with Gasteiger partial charge in [0.05, 0.1) is 10.6 Å². The van der Waals surface area contributed by atoms with E-state index in [1.807, 2.05) is 30.5 Å². The summed E-state index contributed by atoms with van der Waals surface area (Å²) in [7, 11) is 0. The smallest absolute Gasteiger partial charge is 0.254 e. The Balaban J connectivity index is 2.03. The van der Waals surface area contributed by atoms with Crippen LogP contribution in [0.3, 0.4) is 0 Å². The van der Waals surface area contributed by atoms with Crippen molar-refractivity contribution in [2.24, 2.45) is 0 Å². The first-order valence-electron chi connectivity index (χ1n) is 6.76. The van der Waals surface area contributed by atoms with Gasteiger partial charge in [0.2, 0.25) is 0 Å². The highest BCUT2D eigenvalue weighted by molar-refractivity contribution is 7.15. The summed E-state index contributed by atoms with van der Waals surface area (Å²) < 4.78 is 11.1. The Morgan fingerprint density at radius 2 is 2.10 bits per heavy atom. The normalized spacial score (nSPS) is 13.0. The number of nitrogen functional groups attached to an aromatic ring is 1. The van der Waals surface area contributed by atoms with Gasteiger partial charge in [-0.2, -0.15) is 0 Å². The molecule has 5 nitrogen and oxygen atoms in total. The first kappa shape index (κ1) is 13.8. The lowest BCUT2D eigenvalue weighted by molar-refractivity contribution is 0.0957. The lowest BCUT2D eigenvalue weighted by atomic mass is 10.0. The van der Waals surface area contributed by atoms with Crippen LogP contribution in [0.2, 0.25) is 0 Å². The zero-order chi connectivity index (χ0) is 14.8. The van der Waals surface area contributed by atoms with Crippen molar-refractivity contribution in [3.63, 3.8) is 0 Å². The van der Waals surface area contributed by atoms with E-state index in [1.165, 1.54) is 11.3 Å². The topological polar surface area (TPSA) is 73.6 Å². The first-order valence-corrected chi connectivity index (χ1v) is 7.64. The Hall–Kier alpha value is -2.21. The van der Waals surface area contributed by atoms with Crippen LogP contribution in [-0.2, 0) is 0 Å². The minimum Gasteiger partial charge on any atom is -0.486 e. The van der Waals surface area contributed by atoms with Crippen molar-refractivity contribution in [1.82, 2.24) is 5.32 Å². The Morgan fingerprint density at radius 3 is 2.86 bits per heavy atom. The fourth-order valence-corrected chi connectivity index (χ4v) is 3.10. The predicted octanol–water partition coefficient (Wildman–Crippen LogP) is 2.52. The number of amides is 1. The largest absolute Gasteiger partial charge is 0.486 e. The molecule has 0 saturated heterocycles. The molecule has 0 aliphatic carbocycles. The maximum Gasteiger partial charge on any atom is 0.254 e. The second kappa shape index (κ2) is 5.65. The van der Waals surface area contributed by atoms with Crippen LogP contribution in [0, 0.1) is 0 Å². The Bertz CT molecular complexity index is 682. The van der Waals surface area contributed by atoms with E-state index in [9.17, 15) is 4.79 Å². The van der Waals surface area contributed by atoms with E-state index in [-0.39, 0.29) is 5.91 Å². The van der Waals surface area contributed by atoms with Gasteiger partial charge in [-0.25, -0.2) is 0 Å². The summed E-state index contributed by atoms with van der Waals surface area (Å²) >= 11 is 1.36. The molecule has 0 fully saturated rings. The second-order valence-corrected chi connectivity index (χ2v) is 5.52. The van der Waals surface area contributed by atoms with Crippen LogP contribution >= 0.6 is 11.3 Å². The molecule has 0 unspecified atom stereocenters. The number of carbonyl (C=O) groups excluding carboxylic acids is 1. The molecule has 3 N–H and O–H groups in total. The van der Waals surface area contributed by atoms with Gasteiger partial charge in [0.1, 0.15) is 13.2 Å². The molecule has 2 aromatic rings. The molecule has 0 radical (unpaired) electrons. The molecule has 1 aliphatic rings. The van der Waals surface area contributed by atoms with Gasteiger partial charge in [0.15, 0.2) is 11.5 Å². The minimum absolute atomic E-state index is 0.152. The highest BCUT2D eigenvalue weighted by atomic mass is 32.1. The van der Waals surface area contributed by atoms with Crippen LogP contribution in [0.1, 0.15) is 17.3 Å². The number of thiophene rings is 1. The Morgan fingerprint density at radius 1 is 1.33 bits per heavy atom. The van der Waals surface area contributed by atoms with Crippen molar-refractivity contribution in [2.45, 2.75) is 6.92 Å². The van der Waals surface area contributed by atoms with Gasteiger partial charge in [-0.3, -0.25) is 4.79 Å².